The molecule has 0 heterocycles. The van der Waals surface area contributed by atoms with E-state index in [2.05, 4.69) is 118 Å². The third kappa shape index (κ3) is 69.0. The van der Waals surface area contributed by atoms with Crippen LogP contribution in [0.2, 0.25) is 0 Å². The van der Waals surface area contributed by atoms with Gasteiger partial charge >= 0.3 is 17.9 Å². The van der Waals surface area contributed by atoms with Crippen molar-refractivity contribution in [1.29, 1.82) is 0 Å². The highest BCUT2D eigenvalue weighted by Crippen LogP contribution is 2.17. The van der Waals surface area contributed by atoms with Gasteiger partial charge in [-0.25, -0.2) is 0 Å². The van der Waals surface area contributed by atoms with E-state index in [4.69, 9.17) is 14.2 Å². The molecule has 0 N–H and O–H groups in total. The molecule has 0 aliphatic carbocycles. The fraction of sp³-hybridized carbons (Fsp3) is 0.753. The Kier molecular flexibility index (Phi) is 67.7. The summed E-state index contributed by atoms with van der Waals surface area (Å²) >= 11 is 0. The van der Waals surface area contributed by atoms with Crippen LogP contribution in [0.5, 0.6) is 0 Å². The molecule has 0 spiro atoms. The van der Waals surface area contributed by atoms with Crippen molar-refractivity contribution >= 4 is 17.9 Å². The number of allylic oxidation sites excluding steroid dienone is 16. The summed E-state index contributed by atoms with van der Waals surface area (Å²) in [5, 5.41) is 0. The third-order valence-electron chi connectivity index (χ3n) is 15.5. The zero-order chi connectivity index (χ0) is 59.9. The second kappa shape index (κ2) is 70.8. The number of carbonyl (C=O) groups is 3. The number of rotatable bonds is 65. The minimum absolute atomic E-state index is 0.0812. The molecule has 6 heteroatoms. The SMILES string of the molecule is CC/C=C\C/C=C\C/C=C\C/C=C\CCCCCCCCCCCCCCC(=O)OCC(COC(=O)CCCCCCCCC/C=C\CCCCCCCC)OC(=O)CCCCCCCCCC/C=C\C/C=C\C/C=C\CCCCCCC. The molecule has 0 aromatic carbocycles. The van der Waals surface area contributed by atoms with E-state index in [1.807, 2.05) is 0 Å². The van der Waals surface area contributed by atoms with Crippen LogP contribution in [0, 0.1) is 0 Å². The first-order chi connectivity index (χ1) is 41.0. The highest BCUT2D eigenvalue weighted by molar-refractivity contribution is 5.71. The van der Waals surface area contributed by atoms with Crippen LogP contribution in [0.1, 0.15) is 355 Å². The molecule has 1 atom stereocenters. The third-order valence-corrected chi connectivity index (χ3v) is 15.5. The van der Waals surface area contributed by atoms with E-state index < -0.39 is 6.10 Å². The summed E-state index contributed by atoms with van der Waals surface area (Å²) in [5.74, 6) is -0.878. The van der Waals surface area contributed by atoms with Gasteiger partial charge in [-0.1, -0.05) is 311 Å². The van der Waals surface area contributed by atoms with Gasteiger partial charge in [-0.15, -0.1) is 0 Å². The van der Waals surface area contributed by atoms with Crippen molar-refractivity contribution in [1.82, 2.24) is 0 Å². The first-order valence-electron chi connectivity index (χ1n) is 35.7. The average molecular weight is 1160 g/mol. The van der Waals surface area contributed by atoms with Gasteiger partial charge < -0.3 is 14.2 Å². The van der Waals surface area contributed by atoms with Crippen molar-refractivity contribution < 1.29 is 28.6 Å². The van der Waals surface area contributed by atoms with Crippen molar-refractivity contribution in [3.05, 3.63) is 97.2 Å². The van der Waals surface area contributed by atoms with E-state index in [1.54, 1.807) is 0 Å². The number of ether oxygens (including phenoxy) is 3. The number of hydrogen-bond acceptors (Lipinski definition) is 6. The van der Waals surface area contributed by atoms with E-state index in [9.17, 15) is 14.4 Å². The van der Waals surface area contributed by atoms with Crippen molar-refractivity contribution in [3.8, 4) is 0 Å². The Morgan fingerprint density at radius 2 is 0.470 bits per heavy atom. The largest absolute Gasteiger partial charge is 0.462 e. The molecule has 0 radical (unpaired) electrons. The molecule has 0 aliphatic rings. The highest BCUT2D eigenvalue weighted by atomic mass is 16.6. The summed E-state index contributed by atoms with van der Waals surface area (Å²) in [6.45, 7) is 6.55. The Hall–Kier alpha value is -3.67. The summed E-state index contributed by atoms with van der Waals surface area (Å²) < 4.78 is 17.0. The minimum Gasteiger partial charge on any atom is -0.462 e. The van der Waals surface area contributed by atoms with E-state index >= 15 is 0 Å². The minimum atomic E-state index is -0.787. The molecule has 0 saturated carbocycles. The molecule has 0 fully saturated rings. The normalized spacial score (nSPS) is 12.7. The second-order valence-corrected chi connectivity index (χ2v) is 23.8. The van der Waals surface area contributed by atoms with Gasteiger partial charge in [0.05, 0.1) is 0 Å². The summed E-state index contributed by atoms with van der Waals surface area (Å²) in [5.41, 5.74) is 0. The molecule has 0 aromatic rings. The molecule has 0 amide bonds. The van der Waals surface area contributed by atoms with Gasteiger partial charge in [-0.05, 0) is 122 Å². The Balaban J connectivity index is 4.37. The van der Waals surface area contributed by atoms with Crippen molar-refractivity contribution in [2.45, 2.75) is 361 Å². The van der Waals surface area contributed by atoms with Crippen LogP contribution in [-0.2, 0) is 28.6 Å². The van der Waals surface area contributed by atoms with Gasteiger partial charge in [0, 0.05) is 19.3 Å². The van der Waals surface area contributed by atoms with Gasteiger partial charge in [0.2, 0.25) is 0 Å². The van der Waals surface area contributed by atoms with Crippen LogP contribution < -0.4 is 0 Å². The molecule has 0 saturated heterocycles. The quantitative estimate of drug-likeness (QED) is 0.0261. The van der Waals surface area contributed by atoms with E-state index in [-0.39, 0.29) is 31.1 Å². The maximum absolute atomic E-state index is 13.0. The van der Waals surface area contributed by atoms with E-state index in [0.29, 0.717) is 19.3 Å². The van der Waals surface area contributed by atoms with Crippen LogP contribution >= 0.6 is 0 Å². The monoisotopic (exact) mass is 1160 g/mol. The first kappa shape index (κ1) is 79.3. The Labute approximate surface area is 515 Å². The molecule has 83 heavy (non-hydrogen) atoms. The Morgan fingerprint density at radius 1 is 0.253 bits per heavy atom. The predicted octanol–water partition coefficient (Wildman–Crippen LogP) is 24.8. The number of hydrogen-bond donors (Lipinski definition) is 0. The molecule has 1 unspecified atom stereocenters. The fourth-order valence-corrected chi connectivity index (χ4v) is 10.2. The molecule has 0 rings (SSSR count). The lowest BCUT2D eigenvalue weighted by Gasteiger charge is -2.18. The maximum Gasteiger partial charge on any atom is 0.306 e. The lowest BCUT2D eigenvalue weighted by atomic mass is 10.0. The molecular weight excluding hydrogens is 1020 g/mol. The smallest absolute Gasteiger partial charge is 0.306 e. The van der Waals surface area contributed by atoms with Crippen LogP contribution in [0.3, 0.4) is 0 Å². The van der Waals surface area contributed by atoms with Crippen LogP contribution in [0.4, 0.5) is 0 Å². The highest BCUT2D eigenvalue weighted by Gasteiger charge is 2.19. The number of unbranched alkanes of at least 4 members (excludes halogenated alkanes) is 38. The van der Waals surface area contributed by atoms with Gasteiger partial charge in [0.15, 0.2) is 6.10 Å². The molecule has 0 bridgehead atoms. The number of carbonyl (C=O) groups excluding carboxylic acids is 3. The van der Waals surface area contributed by atoms with Crippen LogP contribution in [-0.4, -0.2) is 37.2 Å². The van der Waals surface area contributed by atoms with Crippen molar-refractivity contribution in [2.24, 2.45) is 0 Å². The Morgan fingerprint density at radius 3 is 0.747 bits per heavy atom. The lowest BCUT2D eigenvalue weighted by Crippen LogP contribution is -2.30. The van der Waals surface area contributed by atoms with E-state index in [0.717, 1.165) is 103 Å². The van der Waals surface area contributed by atoms with Gasteiger partial charge in [0.25, 0.3) is 0 Å². The molecule has 0 aliphatic heterocycles. The predicted molar refractivity (Wildman–Crippen MR) is 362 cm³/mol. The van der Waals surface area contributed by atoms with Gasteiger partial charge in [-0.3, -0.25) is 14.4 Å². The fourth-order valence-electron chi connectivity index (χ4n) is 10.2. The van der Waals surface area contributed by atoms with Crippen molar-refractivity contribution in [2.75, 3.05) is 13.2 Å². The summed E-state index contributed by atoms with van der Waals surface area (Å²) in [4.78, 5) is 38.5. The standard InChI is InChI=1S/C77H134O6/c1-4-7-10-13-16-19-22-25-28-31-33-35-37-38-40-41-43-46-49-52-55-58-61-64-67-70-76(79)82-73-74(72-81-75(78)69-66-63-60-57-54-51-48-45-30-27-24-21-18-15-12-9-6-3)83-77(80)71-68-65-62-59-56-53-50-47-44-42-39-36-34-32-29-26-23-20-17-14-11-8-5-2/h7,10,16,19,23,25-28,30,32-35,39,42,74H,4-6,8-9,11-15,17-18,20-22,24,29,31,36-38,40-41,43-73H2,1-3H3/b10-7-,19-16-,26-23-,28-25-,30-27-,34-32-,35-33-,42-39-. The van der Waals surface area contributed by atoms with Gasteiger partial charge in [0.1, 0.15) is 13.2 Å². The second-order valence-electron chi connectivity index (χ2n) is 23.8. The van der Waals surface area contributed by atoms with Gasteiger partial charge in [-0.2, -0.15) is 0 Å². The van der Waals surface area contributed by atoms with Crippen LogP contribution in [0.15, 0.2) is 97.2 Å². The topological polar surface area (TPSA) is 78.9 Å². The Bertz CT molecular complexity index is 1610. The zero-order valence-electron chi connectivity index (χ0n) is 54.9. The zero-order valence-corrected chi connectivity index (χ0v) is 54.9. The molecule has 6 nitrogen and oxygen atoms in total. The van der Waals surface area contributed by atoms with Crippen LogP contribution in [0.25, 0.3) is 0 Å². The molecule has 478 valence electrons. The number of esters is 3. The summed E-state index contributed by atoms with van der Waals surface area (Å²) in [6, 6.07) is 0. The summed E-state index contributed by atoms with van der Waals surface area (Å²) in [6.07, 6.45) is 95.6. The molecular formula is C77H134O6. The maximum atomic E-state index is 13.0. The summed E-state index contributed by atoms with van der Waals surface area (Å²) in [7, 11) is 0. The van der Waals surface area contributed by atoms with E-state index in [1.165, 1.54) is 212 Å². The van der Waals surface area contributed by atoms with Crippen molar-refractivity contribution in [3.63, 3.8) is 0 Å². The average Bonchev–Trinajstić information content (AvgIpc) is 3.49. The first-order valence-corrected chi connectivity index (χ1v) is 35.7. The molecule has 0 aromatic heterocycles. The lowest BCUT2D eigenvalue weighted by molar-refractivity contribution is -0.167.